The van der Waals surface area contributed by atoms with Crippen LogP contribution >= 0.6 is 23.4 Å². The van der Waals surface area contributed by atoms with Crippen molar-refractivity contribution in [2.45, 2.75) is 25.2 Å². The van der Waals surface area contributed by atoms with E-state index in [0.717, 1.165) is 21.7 Å². The molecule has 0 bridgehead atoms. The van der Waals surface area contributed by atoms with E-state index in [9.17, 15) is 9.59 Å². The van der Waals surface area contributed by atoms with Crippen LogP contribution in [0.15, 0.2) is 88.3 Å². The molecule has 162 valence electrons. The van der Waals surface area contributed by atoms with E-state index >= 15 is 0 Å². The number of nitrogens with one attached hydrogen (secondary N) is 1. The van der Waals surface area contributed by atoms with Gasteiger partial charge in [-0.15, -0.1) is 0 Å². The third kappa shape index (κ3) is 4.90. The number of thioether (sulfide) groups is 1. The van der Waals surface area contributed by atoms with Gasteiger partial charge in [0.05, 0.1) is 0 Å². The topological polar surface area (TPSA) is 49.4 Å². The van der Waals surface area contributed by atoms with Crippen LogP contribution in [-0.2, 0) is 16.0 Å². The first kappa shape index (κ1) is 22.2. The van der Waals surface area contributed by atoms with Gasteiger partial charge in [-0.2, -0.15) is 0 Å². The Morgan fingerprint density at radius 3 is 2.28 bits per heavy atom. The Morgan fingerprint density at radius 1 is 0.875 bits per heavy atom. The number of rotatable bonds is 7. The summed E-state index contributed by atoms with van der Waals surface area (Å²) in [6.07, 6.45) is 0.605. The predicted octanol–water partition coefficient (Wildman–Crippen LogP) is 5.98. The number of carbonyl (C=O) groups is 2. The Labute approximate surface area is 197 Å². The maximum absolute atomic E-state index is 13.3. The summed E-state index contributed by atoms with van der Waals surface area (Å²) in [5, 5.41) is 3.84. The molecule has 1 aliphatic rings. The Kier molecular flexibility index (Phi) is 6.68. The van der Waals surface area contributed by atoms with Crippen molar-refractivity contribution in [3.05, 3.63) is 105 Å². The molecule has 1 aliphatic heterocycles. The Bertz CT molecular complexity index is 1190. The smallest absolute Gasteiger partial charge is 0.278 e. The molecule has 0 unspecified atom stereocenters. The van der Waals surface area contributed by atoms with E-state index in [1.165, 1.54) is 22.2 Å². The Hall–Kier alpha value is -3.02. The fourth-order valence-corrected chi connectivity index (χ4v) is 4.50. The van der Waals surface area contributed by atoms with Crippen molar-refractivity contribution in [1.29, 1.82) is 0 Å². The fraction of sp³-hybridized carbons (Fsp3) is 0.154. The summed E-state index contributed by atoms with van der Waals surface area (Å²) in [4.78, 5) is 29.2. The van der Waals surface area contributed by atoms with Crippen LogP contribution in [0.25, 0.3) is 0 Å². The minimum Gasteiger partial charge on any atom is -0.350 e. The number of amides is 2. The Morgan fingerprint density at radius 2 is 1.59 bits per heavy atom. The lowest BCUT2D eigenvalue weighted by atomic mass is 10.1. The lowest BCUT2D eigenvalue weighted by Crippen LogP contribution is -2.34. The minimum absolute atomic E-state index is 0.280. The summed E-state index contributed by atoms with van der Waals surface area (Å²) in [5.41, 5.74) is 4.45. The summed E-state index contributed by atoms with van der Waals surface area (Å²) in [5.74, 6) is -0.585. The van der Waals surface area contributed by atoms with Gasteiger partial charge in [0.2, 0.25) is 0 Å². The zero-order valence-corrected chi connectivity index (χ0v) is 19.5. The molecule has 4 rings (SSSR count). The molecule has 1 N–H and O–H groups in total. The molecule has 0 radical (unpaired) electrons. The standard InChI is InChI=1S/C26H23ClN2O2S/c1-17-8-11-21(16-18(17)2)28-23-24(32-22-12-9-20(27)10-13-22)26(31)29(25(23)30)15-14-19-6-4-3-5-7-19/h3-13,16,28H,14-15H2,1-2H3. The van der Waals surface area contributed by atoms with E-state index in [2.05, 4.69) is 5.32 Å². The lowest BCUT2D eigenvalue weighted by Gasteiger charge is -2.15. The van der Waals surface area contributed by atoms with Crippen LogP contribution in [0.5, 0.6) is 0 Å². The first-order valence-corrected chi connectivity index (χ1v) is 11.5. The summed E-state index contributed by atoms with van der Waals surface area (Å²) in [6, 6.07) is 23.0. The first-order valence-electron chi connectivity index (χ1n) is 10.3. The Balaban J connectivity index is 1.63. The maximum atomic E-state index is 13.3. The number of carbonyl (C=O) groups excluding carboxylic acids is 2. The minimum atomic E-state index is -0.305. The van der Waals surface area contributed by atoms with Crippen LogP contribution in [0, 0.1) is 13.8 Å². The van der Waals surface area contributed by atoms with Crippen molar-refractivity contribution in [2.75, 3.05) is 11.9 Å². The average Bonchev–Trinajstić information content (AvgIpc) is 3.00. The fourth-order valence-electron chi connectivity index (χ4n) is 3.43. The zero-order chi connectivity index (χ0) is 22.7. The highest BCUT2D eigenvalue weighted by molar-refractivity contribution is 8.04. The molecule has 3 aromatic rings. The summed E-state index contributed by atoms with van der Waals surface area (Å²) in [7, 11) is 0. The van der Waals surface area contributed by atoms with Gasteiger partial charge in [-0.3, -0.25) is 14.5 Å². The largest absolute Gasteiger partial charge is 0.350 e. The van der Waals surface area contributed by atoms with Crippen molar-refractivity contribution >= 4 is 40.9 Å². The zero-order valence-electron chi connectivity index (χ0n) is 17.9. The number of benzene rings is 3. The molecule has 0 fully saturated rings. The van der Waals surface area contributed by atoms with Gasteiger partial charge in [-0.25, -0.2) is 0 Å². The molecule has 6 heteroatoms. The SMILES string of the molecule is Cc1ccc(NC2=C(Sc3ccc(Cl)cc3)C(=O)N(CCc3ccccc3)C2=O)cc1C. The highest BCUT2D eigenvalue weighted by Crippen LogP contribution is 2.36. The van der Waals surface area contributed by atoms with Gasteiger partial charge in [0.1, 0.15) is 10.6 Å². The molecule has 2 amide bonds. The maximum Gasteiger partial charge on any atom is 0.278 e. The van der Waals surface area contributed by atoms with Gasteiger partial charge >= 0.3 is 0 Å². The van der Waals surface area contributed by atoms with Crippen molar-refractivity contribution in [2.24, 2.45) is 0 Å². The van der Waals surface area contributed by atoms with E-state index in [0.29, 0.717) is 28.6 Å². The van der Waals surface area contributed by atoms with E-state index in [1.807, 2.05) is 74.5 Å². The van der Waals surface area contributed by atoms with E-state index in [-0.39, 0.29) is 11.8 Å². The first-order chi connectivity index (χ1) is 15.4. The molecule has 0 aromatic heterocycles. The average molecular weight is 463 g/mol. The van der Waals surface area contributed by atoms with Crippen molar-refractivity contribution < 1.29 is 9.59 Å². The molecule has 4 nitrogen and oxygen atoms in total. The molecular weight excluding hydrogens is 440 g/mol. The highest BCUT2D eigenvalue weighted by Gasteiger charge is 2.38. The second kappa shape index (κ2) is 9.63. The highest BCUT2D eigenvalue weighted by atomic mass is 35.5. The van der Waals surface area contributed by atoms with Crippen LogP contribution < -0.4 is 5.32 Å². The summed E-state index contributed by atoms with van der Waals surface area (Å²) < 4.78 is 0. The van der Waals surface area contributed by atoms with Crippen LogP contribution in [0.2, 0.25) is 5.02 Å². The molecule has 0 saturated heterocycles. The number of hydrogen-bond donors (Lipinski definition) is 1. The van der Waals surface area contributed by atoms with Gasteiger partial charge in [0, 0.05) is 22.2 Å². The van der Waals surface area contributed by atoms with Gasteiger partial charge in [0.15, 0.2) is 0 Å². The van der Waals surface area contributed by atoms with E-state index in [1.54, 1.807) is 12.1 Å². The van der Waals surface area contributed by atoms with Crippen molar-refractivity contribution in [3.63, 3.8) is 0 Å². The van der Waals surface area contributed by atoms with Gasteiger partial charge in [-0.05, 0) is 73.4 Å². The number of nitrogens with zero attached hydrogens (tertiary/aromatic N) is 1. The second-order valence-electron chi connectivity index (χ2n) is 7.68. The van der Waals surface area contributed by atoms with Crippen LogP contribution in [0.1, 0.15) is 16.7 Å². The van der Waals surface area contributed by atoms with E-state index < -0.39 is 0 Å². The van der Waals surface area contributed by atoms with E-state index in [4.69, 9.17) is 11.6 Å². The molecule has 0 saturated carbocycles. The molecular formula is C26H23ClN2O2S. The van der Waals surface area contributed by atoms with Gasteiger partial charge in [-0.1, -0.05) is 59.8 Å². The molecule has 0 spiro atoms. The van der Waals surface area contributed by atoms with Crippen molar-refractivity contribution in [1.82, 2.24) is 4.90 Å². The predicted molar refractivity (Wildman–Crippen MR) is 131 cm³/mol. The van der Waals surface area contributed by atoms with Gasteiger partial charge in [0.25, 0.3) is 11.8 Å². The molecule has 1 heterocycles. The third-order valence-electron chi connectivity index (χ3n) is 5.40. The van der Waals surface area contributed by atoms with Crippen LogP contribution in [-0.4, -0.2) is 23.3 Å². The lowest BCUT2D eigenvalue weighted by molar-refractivity contribution is -0.137. The van der Waals surface area contributed by atoms with Gasteiger partial charge < -0.3 is 5.32 Å². The normalized spacial score (nSPS) is 13.8. The molecule has 0 atom stereocenters. The summed E-state index contributed by atoms with van der Waals surface area (Å²) >= 11 is 7.28. The molecule has 0 aliphatic carbocycles. The van der Waals surface area contributed by atoms with Crippen LogP contribution in [0.4, 0.5) is 5.69 Å². The molecule has 3 aromatic carbocycles. The van der Waals surface area contributed by atoms with Crippen molar-refractivity contribution in [3.8, 4) is 0 Å². The summed E-state index contributed by atoms with van der Waals surface area (Å²) in [6.45, 7) is 4.38. The quantitative estimate of drug-likeness (QED) is 0.438. The number of halogens is 1. The number of imide groups is 1. The van der Waals surface area contributed by atoms with Crippen LogP contribution in [0.3, 0.4) is 0 Å². The second-order valence-corrected chi connectivity index (χ2v) is 9.20. The third-order valence-corrected chi connectivity index (χ3v) is 6.74. The number of hydrogen-bond acceptors (Lipinski definition) is 4. The monoisotopic (exact) mass is 462 g/mol. The number of aryl methyl sites for hydroxylation is 2. The number of anilines is 1. The molecule has 32 heavy (non-hydrogen) atoms.